The molecule has 1 N–H and O–H groups in total. The van der Waals surface area contributed by atoms with Gasteiger partial charge in [0.25, 0.3) is 0 Å². The van der Waals surface area contributed by atoms with E-state index in [0.29, 0.717) is 11.5 Å². The maximum absolute atomic E-state index is 5.91. The van der Waals surface area contributed by atoms with Crippen molar-refractivity contribution in [3.8, 4) is 0 Å². The average molecular weight is 266 g/mol. The van der Waals surface area contributed by atoms with Gasteiger partial charge in [-0.05, 0) is 48.3 Å². The van der Waals surface area contributed by atoms with Crippen LogP contribution >= 0.6 is 11.6 Å². The third kappa shape index (κ3) is 3.49. The van der Waals surface area contributed by atoms with Crippen molar-refractivity contribution in [2.45, 2.75) is 52.0 Å². The fraction of sp³-hybridized carbons (Fsp3) is 0.625. The first-order chi connectivity index (χ1) is 8.50. The molecule has 0 atom stereocenters. The smallest absolute Gasteiger partial charge is 0.0406 e. The highest BCUT2D eigenvalue weighted by atomic mass is 35.5. The van der Waals surface area contributed by atoms with Crippen molar-refractivity contribution >= 4 is 11.6 Å². The summed E-state index contributed by atoms with van der Waals surface area (Å²) in [5, 5.41) is 4.53. The molecule has 1 fully saturated rings. The normalized spacial score (nSPS) is 23.8. The number of rotatable bonds is 5. The molecule has 0 saturated heterocycles. The molecule has 0 aliphatic heterocycles. The van der Waals surface area contributed by atoms with E-state index in [1.54, 1.807) is 0 Å². The quantitative estimate of drug-likeness (QED) is 0.820. The second kappa shape index (κ2) is 5.63. The molecular weight excluding hydrogens is 242 g/mol. The Labute approximate surface area is 116 Å². The van der Waals surface area contributed by atoms with Crippen LogP contribution in [0.2, 0.25) is 5.02 Å². The zero-order chi connectivity index (χ0) is 13.2. The van der Waals surface area contributed by atoms with Gasteiger partial charge in [0.1, 0.15) is 0 Å². The summed E-state index contributed by atoms with van der Waals surface area (Å²) in [6.07, 6.45) is 3.76. The van der Waals surface area contributed by atoms with Crippen molar-refractivity contribution in [3.63, 3.8) is 0 Å². The van der Waals surface area contributed by atoms with Crippen LogP contribution in [0.15, 0.2) is 24.3 Å². The molecule has 1 aromatic carbocycles. The topological polar surface area (TPSA) is 12.0 Å². The molecule has 0 bridgehead atoms. The van der Waals surface area contributed by atoms with Crippen molar-refractivity contribution in [3.05, 3.63) is 34.9 Å². The van der Waals surface area contributed by atoms with Crippen LogP contribution in [-0.4, -0.2) is 12.6 Å². The van der Waals surface area contributed by atoms with Crippen LogP contribution in [0.5, 0.6) is 0 Å². The Bertz CT molecular complexity index is 377. The predicted molar refractivity (Wildman–Crippen MR) is 79.3 cm³/mol. The van der Waals surface area contributed by atoms with E-state index in [1.165, 1.54) is 24.8 Å². The lowest BCUT2D eigenvalue weighted by molar-refractivity contribution is 0.239. The molecule has 0 amide bonds. The largest absolute Gasteiger partial charge is 0.313 e. The Hall–Kier alpha value is -0.530. The van der Waals surface area contributed by atoms with Gasteiger partial charge < -0.3 is 5.32 Å². The van der Waals surface area contributed by atoms with E-state index < -0.39 is 0 Å². The molecule has 0 unspecified atom stereocenters. The number of nitrogens with one attached hydrogen (secondary N) is 1. The van der Waals surface area contributed by atoms with Gasteiger partial charge in [0, 0.05) is 17.6 Å². The molecule has 1 aliphatic carbocycles. The molecule has 1 nitrogen and oxygen atoms in total. The summed E-state index contributed by atoms with van der Waals surface area (Å²) in [7, 11) is 0. The van der Waals surface area contributed by atoms with Gasteiger partial charge in [0.2, 0.25) is 0 Å². The van der Waals surface area contributed by atoms with E-state index >= 15 is 0 Å². The summed E-state index contributed by atoms with van der Waals surface area (Å²) in [5.41, 5.74) is 1.86. The summed E-state index contributed by atoms with van der Waals surface area (Å²) in [4.78, 5) is 0. The van der Waals surface area contributed by atoms with Gasteiger partial charge in [-0.25, -0.2) is 0 Å². The molecule has 2 rings (SSSR count). The number of hydrogen-bond donors (Lipinski definition) is 1. The van der Waals surface area contributed by atoms with Crippen LogP contribution in [-0.2, 0) is 0 Å². The number of benzene rings is 1. The molecule has 0 radical (unpaired) electrons. The van der Waals surface area contributed by atoms with Crippen LogP contribution < -0.4 is 5.32 Å². The highest BCUT2D eigenvalue weighted by Crippen LogP contribution is 2.37. The molecule has 18 heavy (non-hydrogen) atoms. The molecule has 0 spiro atoms. The van der Waals surface area contributed by atoms with Gasteiger partial charge >= 0.3 is 0 Å². The first kappa shape index (κ1) is 13.9. The van der Waals surface area contributed by atoms with Crippen molar-refractivity contribution in [2.75, 3.05) is 6.54 Å². The first-order valence-electron chi connectivity index (χ1n) is 6.99. The maximum Gasteiger partial charge on any atom is 0.0406 e. The monoisotopic (exact) mass is 265 g/mol. The Morgan fingerprint density at radius 1 is 1.22 bits per heavy atom. The SMILES string of the molecule is CCC(C)(C)CNC1CC(c2ccc(Cl)cc2)C1. The van der Waals surface area contributed by atoms with Crippen molar-refractivity contribution in [1.82, 2.24) is 5.32 Å². The summed E-state index contributed by atoms with van der Waals surface area (Å²) in [5.74, 6) is 0.726. The maximum atomic E-state index is 5.91. The third-order valence-corrected chi connectivity index (χ3v) is 4.56. The van der Waals surface area contributed by atoms with Crippen LogP contribution in [0, 0.1) is 5.41 Å². The zero-order valence-electron chi connectivity index (χ0n) is 11.7. The van der Waals surface area contributed by atoms with Crippen molar-refractivity contribution in [2.24, 2.45) is 5.41 Å². The molecule has 100 valence electrons. The first-order valence-corrected chi connectivity index (χ1v) is 7.37. The number of hydrogen-bond acceptors (Lipinski definition) is 1. The fourth-order valence-electron chi connectivity index (χ4n) is 2.34. The standard InChI is InChI=1S/C16H24ClN/c1-4-16(2,3)11-18-15-9-13(10-15)12-5-7-14(17)8-6-12/h5-8,13,15,18H,4,9-11H2,1-3H3. The molecule has 1 aliphatic rings. The van der Waals surface area contributed by atoms with Crippen LogP contribution in [0.4, 0.5) is 0 Å². The Kier molecular flexibility index (Phi) is 4.34. The predicted octanol–water partition coefficient (Wildman–Crippen LogP) is 4.61. The second-order valence-electron chi connectivity index (χ2n) is 6.32. The van der Waals surface area contributed by atoms with Crippen LogP contribution in [0.3, 0.4) is 0 Å². The van der Waals surface area contributed by atoms with Crippen molar-refractivity contribution in [1.29, 1.82) is 0 Å². The minimum absolute atomic E-state index is 0.422. The van der Waals surface area contributed by atoms with Gasteiger partial charge in [-0.15, -0.1) is 0 Å². The van der Waals surface area contributed by atoms with E-state index in [2.05, 4.69) is 38.2 Å². The Morgan fingerprint density at radius 2 is 1.83 bits per heavy atom. The van der Waals surface area contributed by atoms with Gasteiger partial charge in [-0.1, -0.05) is 44.5 Å². The summed E-state index contributed by atoms with van der Waals surface area (Å²) in [6, 6.07) is 9.03. The van der Waals surface area contributed by atoms with E-state index in [-0.39, 0.29) is 0 Å². The second-order valence-corrected chi connectivity index (χ2v) is 6.75. The summed E-state index contributed by atoms with van der Waals surface area (Å²) in [6.45, 7) is 8.05. The Balaban J connectivity index is 1.75. The highest BCUT2D eigenvalue weighted by molar-refractivity contribution is 6.30. The number of halogens is 1. The van der Waals surface area contributed by atoms with Gasteiger partial charge in [-0.3, -0.25) is 0 Å². The minimum Gasteiger partial charge on any atom is -0.313 e. The molecule has 1 aromatic rings. The van der Waals surface area contributed by atoms with Crippen LogP contribution in [0.1, 0.15) is 51.5 Å². The minimum atomic E-state index is 0.422. The van der Waals surface area contributed by atoms with E-state index in [0.717, 1.165) is 17.5 Å². The van der Waals surface area contributed by atoms with E-state index in [9.17, 15) is 0 Å². The fourth-order valence-corrected chi connectivity index (χ4v) is 2.46. The van der Waals surface area contributed by atoms with E-state index in [4.69, 9.17) is 11.6 Å². The lowest BCUT2D eigenvalue weighted by atomic mass is 9.75. The average Bonchev–Trinajstić information content (AvgIpc) is 2.29. The van der Waals surface area contributed by atoms with Gasteiger partial charge in [0.05, 0.1) is 0 Å². The molecule has 0 heterocycles. The summed E-state index contributed by atoms with van der Waals surface area (Å²) >= 11 is 5.91. The zero-order valence-corrected chi connectivity index (χ0v) is 12.4. The third-order valence-electron chi connectivity index (χ3n) is 4.31. The van der Waals surface area contributed by atoms with Gasteiger partial charge in [0.15, 0.2) is 0 Å². The van der Waals surface area contributed by atoms with Crippen LogP contribution in [0.25, 0.3) is 0 Å². The molecular formula is C16H24ClN. The highest BCUT2D eigenvalue weighted by Gasteiger charge is 2.30. The van der Waals surface area contributed by atoms with Gasteiger partial charge in [-0.2, -0.15) is 0 Å². The molecule has 2 heteroatoms. The Morgan fingerprint density at radius 3 is 2.39 bits per heavy atom. The van der Waals surface area contributed by atoms with E-state index in [1.807, 2.05) is 12.1 Å². The molecule has 0 aromatic heterocycles. The summed E-state index contributed by atoms with van der Waals surface area (Å²) < 4.78 is 0. The lowest BCUT2D eigenvalue weighted by Gasteiger charge is -2.38. The molecule has 1 saturated carbocycles. The van der Waals surface area contributed by atoms with Crippen molar-refractivity contribution < 1.29 is 0 Å². The lowest BCUT2D eigenvalue weighted by Crippen LogP contribution is -2.44.